The number of sulfonamides is 1. The van der Waals surface area contributed by atoms with Gasteiger partial charge in [0.25, 0.3) is 0 Å². The minimum absolute atomic E-state index is 0.0438. The normalized spacial score (nSPS) is 16.6. The lowest BCUT2D eigenvalue weighted by atomic mass is 10.00. The molecule has 0 N–H and O–H groups in total. The van der Waals surface area contributed by atoms with Crippen LogP contribution in [0.3, 0.4) is 0 Å². The van der Waals surface area contributed by atoms with Crippen LogP contribution in [-0.4, -0.2) is 62.8 Å². The molecule has 5 nitrogen and oxygen atoms in total. The molecule has 188 valence electrons. The lowest BCUT2D eigenvalue weighted by molar-refractivity contribution is -0.137. The molecule has 2 aromatic rings. The fourth-order valence-electron chi connectivity index (χ4n) is 3.94. The lowest BCUT2D eigenvalue weighted by Gasteiger charge is -2.37. The van der Waals surface area contributed by atoms with Gasteiger partial charge in [0.15, 0.2) is 0 Å². The van der Waals surface area contributed by atoms with E-state index in [1.807, 2.05) is 6.92 Å². The molecule has 10 heteroatoms. The van der Waals surface area contributed by atoms with Crippen molar-refractivity contribution in [1.82, 2.24) is 9.21 Å². The van der Waals surface area contributed by atoms with E-state index in [-0.39, 0.29) is 17.8 Å². The van der Waals surface area contributed by atoms with Gasteiger partial charge in [-0.1, -0.05) is 37.3 Å². The van der Waals surface area contributed by atoms with Crippen LogP contribution in [0.25, 0.3) is 0 Å². The van der Waals surface area contributed by atoms with Gasteiger partial charge in [-0.3, -0.25) is 4.90 Å². The van der Waals surface area contributed by atoms with Gasteiger partial charge in [0, 0.05) is 39.3 Å². The predicted octanol–water partition coefficient (Wildman–Crippen LogP) is 4.50. The Balaban J connectivity index is 1.59. The first-order chi connectivity index (χ1) is 15.9. The SMILES string of the molecule is CC(CN(CCCOC1CN(S(C)(=O)=O)C1)Cc1cccc(C(F)(F)F)c1)c1ccc(F)cc1. The molecule has 0 saturated carbocycles. The summed E-state index contributed by atoms with van der Waals surface area (Å²) in [7, 11) is -3.19. The number of alkyl halides is 3. The second-order valence-corrected chi connectivity index (χ2v) is 10.8. The summed E-state index contributed by atoms with van der Waals surface area (Å²) < 4.78 is 82.7. The minimum Gasteiger partial charge on any atom is -0.375 e. The van der Waals surface area contributed by atoms with Gasteiger partial charge in [-0.05, 0) is 41.7 Å². The van der Waals surface area contributed by atoms with Gasteiger partial charge in [-0.15, -0.1) is 0 Å². The molecule has 1 unspecified atom stereocenters. The molecule has 0 bridgehead atoms. The lowest BCUT2D eigenvalue weighted by Crippen LogP contribution is -2.54. The molecule has 0 spiro atoms. The first-order valence-electron chi connectivity index (χ1n) is 11.1. The Hall–Kier alpha value is -2.01. The van der Waals surface area contributed by atoms with E-state index in [0.29, 0.717) is 51.3 Å². The van der Waals surface area contributed by atoms with Crippen molar-refractivity contribution in [3.63, 3.8) is 0 Å². The average Bonchev–Trinajstić information content (AvgIpc) is 2.71. The highest BCUT2D eigenvalue weighted by Gasteiger charge is 2.33. The van der Waals surface area contributed by atoms with Crippen LogP contribution in [-0.2, 0) is 27.5 Å². The van der Waals surface area contributed by atoms with Crippen molar-refractivity contribution in [2.45, 2.75) is 38.1 Å². The highest BCUT2D eigenvalue weighted by atomic mass is 32.2. The number of halogens is 4. The highest BCUT2D eigenvalue weighted by molar-refractivity contribution is 7.88. The molecule has 1 heterocycles. The van der Waals surface area contributed by atoms with Crippen LogP contribution in [0.5, 0.6) is 0 Å². The summed E-state index contributed by atoms with van der Waals surface area (Å²) in [6.45, 7) is 4.60. The third-order valence-corrected chi connectivity index (χ3v) is 7.12. The molecule has 2 aromatic carbocycles. The van der Waals surface area contributed by atoms with Crippen molar-refractivity contribution >= 4 is 10.0 Å². The van der Waals surface area contributed by atoms with E-state index < -0.39 is 21.8 Å². The smallest absolute Gasteiger partial charge is 0.375 e. The molecule has 0 amide bonds. The summed E-state index contributed by atoms with van der Waals surface area (Å²) >= 11 is 0. The molecule has 0 aromatic heterocycles. The Kier molecular flexibility index (Phi) is 8.72. The summed E-state index contributed by atoms with van der Waals surface area (Å²) in [6, 6.07) is 11.5. The van der Waals surface area contributed by atoms with Gasteiger partial charge in [-0.2, -0.15) is 17.5 Å². The number of benzene rings is 2. The van der Waals surface area contributed by atoms with Crippen molar-refractivity contribution in [3.05, 3.63) is 71.0 Å². The van der Waals surface area contributed by atoms with Crippen molar-refractivity contribution in [2.75, 3.05) is 39.0 Å². The van der Waals surface area contributed by atoms with E-state index >= 15 is 0 Å². The minimum atomic E-state index is -4.40. The van der Waals surface area contributed by atoms with Crippen LogP contribution < -0.4 is 0 Å². The molecular weight excluding hydrogens is 472 g/mol. The summed E-state index contributed by atoms with van der Waals surface area (Å²) in [5, 5.41) is 0. The number of hydrogen-bond donors (Lipinski definition) is 0. The van der Waals surface area contributed by atoms with Crippen LogP contribution in [0, 0.1) is 5.82 Å². The predicted molar refractivity (Wildman–Crippen MR) is 122 cm³/mol. The molecule has 0 radical (unpaired) electrons. The maximum Gasteiger partial charge on any atom is 0.416 e. The van der Waals surface area contributed by atoms with Crippen LogP contribution >= 0.6 is 0 Å². The summed E-state index contributed by atoms with van der Waals surface area (Å²) in [4.78, 5) is 2.07. The van der Waals surface area contributed by atoms with Gasteiger partial charge in [-0.25, -0.2) is 12.8 Å². The Morgan fingerprint density at radius 1 is 1.15 bits per heavy atom. The molecule has 1 aliphatic heterocycles. The van der Waals surface area contributed by atoms with E-state index in [4.69, 9.17) is 4.74 Å². The molecular formula is C24H30F4N2O3S. The molecule has 3 rings (SSSR count). The monoisotopic (exact) mass is 502 g/mol. The highest BCUT2D eigenvalue weighted by Crippen LogP contribution is 2.30. The number of rotatable bonds is 11. The second-order valence-electron chi connectivity index (χ2n) is 8.81. The summed E-state index contributed by atoms with van der Waals surface area (Å²) in [6.07, 6.45) is -2.73. The third kappa shape index (κ3) is 7.76. The summed E-state index contributed by atoms with van der Waals surface area (Å²) in [5.74, 6) is -0.276. The van der Waals surface area contributed by atoms with Gasteiger partial charge < -0.3 is 4.74 Å². The summed E-state index contributed by atoms with van der Waals surface area (Å²) in [5.41, 5.74) is 0.826. The fourth-order valence-corrected chi connectivity index (χ4v) is 4.81. The fraction of sp³-hybridized carbons (Fsp3) is 0.500. The first-order valence-corrected chi connectivity index (χ1v) is 13.0. The van der Waals surface area contributed by atoms with E-state index in [0.717, 1.165) is 17.9 Å². The topological polar surface area (TPSA) is 49.9 Å². The molecule has 1 saturated heterocycles. The Bertz CT molecular complexity index is 1040. The van der Waals surface area contributed by atoms with Crippen molar-refractivity contribution in [1.29, 1.82) is 0 Å². The van der Waals surface area contributed by atoms with E-state index in [9.17, 15) is 26.0 Å². The Labute approximate surface area is 198 Å². The van der Waals surface area contributed by atoms with Crippen LogP contribution in [0.4, 0.5) is 17.6 Å². The Morgan fingerprint density at radius 3 is 2.44 bits per heavy atom. The molecule has 1 atom stereocenters. The maximum atomic E-state index is 13.3. The van der Waals surface area contributed by atoms with Gasteiger partial charge in [0.1, 0.15) is 5.82 Å². The second kappa shape index (κ2) is 11.2. The van der Waals surface area contributed by atoms with Crippen molar-refractivity contribution in [3.8, 4) is 0 Å². The van der Waals surface area contributed by atoms with Crippen molar-refractivity contribution in [2.24, 2.45) is 0 Å². The van der Waals surface area contributed by atoms with Crippen LogP contribution in [0.15, 0.2) is 48.5 Å². The quantitative estimate of drug-likeness (QED) is 0.335. The van der Waals surface area contributed by atoms with E-state index in [2.05, 4.69) is 4.90 Å². The van der Waals surface area contributed by atoms with Gasteiger partial charge in [0.2, 0.25) is 10.0 Å². The average molecular weight is 503 g/mol. The van der Waals surface area contributed by atoms with E-state index in [1.54, 1.807) is 18.2 Å². The van der Waals surface area contributed by atoms with Crippen LogP contribution in [0.2, 0.25) is 0 Å². The Morgan fingerprint density at radius 2 is 1.82 bits per heavy atom. The third-order valence-electron chi connectivity index (χ3n) is 5.89. The maximum absolute atomic E-state index is 13.3. The van der Waals surface area contributed by atoms with Gasteiger partial charge in [0.05, 0.1) is 17.9 Å². The zero-order chi connectivity index (χ0) is 24.9. The zero-order valence-corrected chi connectivity index (χ0v) is 20.1. The van der Waals surface area contributed by atoms with E-state index in [1.165, 1.54) is 28.6 Å². The molecule has 1 aliphatic rings. The van der Waals surface area contributed by atoms with Crippen molar-refractivity contribution < 1.29 is 30.7 Å². The van der Waals surface area contributed by atoms with Gasteiger partial charge >= 0.3 is 6.18 Å². The zero-order valence-electron chi connectivity index (χ0n) is 19.3. The number of ether oxygens (including phenoxy) is 1. The number of hydrogen-bond acceptors (Lipinski definition) is 4. The molecule has 0 aliphatic carbocycles. The molecule has 1 fully saturated rings. The first kappa shape index (κ1) is 26.6. The molecule has 34 heavy (non-hydrogen) atoms. The number of nitrogens with zero attached hydrogens (tertiary/aromatic N) is 2. The van der Waals surface area contributed by atoms with Crippen LogP contribution in [0.1, 0.15) is 36.0 Å². The standard InChI is InChI=1S/C24H30F4N2O3S/c1-18(20-7-9-22(25)10-8-20)14-29(15-19-5-3-6-21(13-19)24(26,27)28)11-4-12-33-23-16-30(17-23)34(2,31)32/h3,5-10,13,18,23H,4,11-12,14-17H2,1-2H3. The largest absolute Gasteiger partial charge is 0.416 e.